The van der Waals surface area contributed by atoms with E-state index in [-0.39, 0.29) is 47.7 Å². The van der Waals surface area contributed by atoms with Crippen molar-refractivity contribution in [3.63, 3.8) is 0 Å². The molecule has 190 valence electrons. The van der Waals surface area contributed by atoms with Gasteiger partial charge in [-0.3, -0.25) is 9.59 Å². The number of alkyl halides is 1. The van der Waals surface area contributed by atoms with Gasteiger partial charge in [0.15, 0.2) is 25.2 Å². The third-order valence-corrected chi connectivity index (χ3v) is 3.84. The molecule has 0 bridgehead atoms. The quantitative estimate of drug-likeness (QED) is 0.225. The first-order valence-corrected chi connectivity index (χ1v) is 9.99. The number of carbonyl (C=O) groups excluding carboxylic acids is 2. The van der Waals surface area contributed by atoms with Gasteiger partial charge in [-0.25, -0.2) is 0 Å². The van der Waals surface area contributed by atoms with Crippen molar-refractivity contribution in [2.45, 2.75) is 13.8 Å². The molecule has 0 saturated carbocycles. The fraction of sp³-hybridized carbons (Fsp3) is 0.364. The van der Waals surface area contributed by atoms with Gasteiger partial charge in [0.1, 0.15) is 51.7 Å². The largest absolute Gasteiger partial charge is 0.508 e. The van der Waals surface area contributed by atoms with Crippen LogP contribution in [0.4, 0.5) is 0 Å². The smallest absolute Gasteiger partial charge is 0.188 e. The molecule has 0 atom stereocenters. The van der Waals surface area contributed by atoms with Gasteiger partial charge in [-0.2, -0.15) is 0 Å². The molecule has 34 heavy (non-hydrogen) atoms. The van der Waals surface area contributed by atoms with Crippen LogP contribution in [0.5, 0.6) is 34.5 Å². The van der Waals surface area contributed by atoms with Crippen molar-refractivity contribution in [2.75, 3.05) is 41.0 Å². The summed E-state index contributed by atoms with van der Waals surface area (Å²) >= 11 is 4.96. The number of rotatable bonds is 9. The minimum atomic E-state index is -0.454. The van der Waals surface area contributed by atoms with Crippen LogP contribution in [-0.4, -0.2) is 73.0 Å². The van der Waals surface area contributed by atoms with Gasteiger partial charge in [0.25, 0.3) is 0 Å². The maximum absolute atomic E-state index is 11.4. The van der Waals surface area contributed by atoms with Crippen molar-refractivity contribution in [2.24, 2.45) is 0 Å². The second kappa shape index (κ2) is 16.4. The number of phenolic OH excluding ortho intramolecular Hbond substituents is 4. The van der Waals surface area contributed by atoms with E-state index in [1.165, 1.54) is 40.2 Å². The van der Waals surface area contributed by atoms with Crippen molar-refractivity contribution in [3.8, 4) is 34.5 Å². The van der Waals surface area contributed by atoms with Gasteiger partial charge in [0.2, 0.25) is 0 Å². The van der Waals surface area contributed by atoms with Crippen LogP contribution < -0.4 is 9.47 Å². The number of ketones is 2. The normalized spacial score (nSPS) is 9.71. The van der Waals surface area contributed by atoms with Gasteiger partial charge >= 0.3 is 0 Å². The van der Waals surface area contributed by atoms with E-state index in [1.54, 1.807) is 7.11 Å². The lowest BCUT2D eigenvalue weighted by atomic mass is 10.1. The molecule has 0 heterocycles. The van der Waals surface area contributed by atoms with Crippen LogP contribution in [0.15, 0.2) is 24.3 Å². The molecule has 12 heteroatoms. The van der Waals surface area contributed by atoms with E-state index < -0.39 is 17.3 Å². The molecule has 2 rings (SSSR count). The Morgan fingerprint density at radius 1 is 0.735 bits per heavy atom. The van der Waals surface area contributed by atoms with Gasteiger partial charge in [-0.15, -0.1) is 0 Å². The topological polar surface area (TPSA) is 161 Å². The molecule has 0 unspecified atom stereocenters. The van der Waals surface area contributed by atoms with Crippen LogP contribution in [-0.2, 0) is 14.2 Å². The highest BCUT2D eigenvalue weighted by atomic mass is 35.5. The Morgan fingerprint density at radius 2 is 1.18 bits per heavy atom. The predicted octanol–water partition coefficient (Wildman–Crippen LogP) is 3.40. The van der Waals surface area contributed by atoms with Crippen LogP contribution in [0.25, 0.3) is 0 Å². The summed E-state index contributed by atoms with van der Waals surface area (Å²) in [4.78, 5) is 22.2. The zero-order valence-corrected chi connectivity index (χ0v) is 20.2. The molecule has 4 N–H and O–H groups in total. The van der Waals surface area contributed by atoms with Crippen LogP contribution in [0.2, 0.25) is 0 Å². The minimum absolute atomic E-state index is 0.0303. The molecule has 2 aromatic carbocycles. The first-order chi connectivity index (χ1) is 16.0. The molecular formula is C22H29ClO11. The Balaban J connectivity index is 0.000000584. The molecule has 0 aliphatic carbocycles. The van der Waals surface area contributed by atoms with Crippen molar-refractivity contribution >= 4 is 23.2 Å². The summed E-state index contributed by atoms with van der Waals surface area (Å²) in [6.07, 6.45) is 0. The molecule has 0 fully saturated rings. The second-order valence-electron chi connectivity index (χ2n) is 6.29. The number of methoxy groups -OCH3 is 3. The molecule has 11 nitrogen and oxygen atoms in total. The maximum Gasteiger partial charge on any atom is 0.188 e. The average molecular weight is 505 g/mol. The van der Waals surface area contributed by atoms with E-state index in [0.29, 0.717) is 11.8 Å². The lowest BCUT2D eigenvalue weighted by Crippen LogP contribution is -2.06. The number of hydrogen-bond donors (Lipinski definition) is 4. The summed E-state index contributed by atoms with van der Waals surface area (Å²) in [5, 5.41) is 36.9. The Kier molecular flexibility index (Phi) is 14.8. The minimum Gasteiger partial charge on any atom is -0.508 e. The number of benzene rings is 2. The van der Waals surface area contributed by atoms with E-state index in [1.807, 2.05) is 0 Å². The van der Waals surface area contributed by atoms with E-state index in [9.17, 15) is 14.7 Å². The van der Waals surface area contributed by atoms with E-state index in [2.05, 4.69) is 4.74 Å². The number of phenols is 4. The lowest BCUT2D eigenvalue weighted by molar-refractivity contribution is 0.0452. The van der Waals surface area contributed by atoms with Gasteiger partial charge in [0, 0.05) is 45.6 Å². The number of aromatic hydroxyl groups is 4. The SMILES string of the molecule is CC(=O)c1c(O)cc(O)cc1O.COCCl.COCOc1cc(O)c(C(C)=O)c(OCOC)c1. The lowest BCUT2D eigenvalue weighted by Gasteiger charge is -2.13. The predicted molar refractivity (Wildman–Crippen MR) is 122 cm³/mol. The Bertz CT molecular complexity index is 906. The number of halogens is 1. The second-order valence-corrected chi connectivity index (χ2v) is 6.50. The highest BCUT2D eigenvalue weighted by molar-refractivity contribution is 6.17. The third-order valence-electron chi connectivity index (χ3n) is 3.63. The monoisotopic (exact) mass is 504 g/mol. The van der Waals surface area contributed by atoms with Crippen LogP contribution in [0.1, 0.15) is 34.6 Å². The summed E-state index contributed by atoms with van der Waals surface area (Å²) in [7, 11) is 4.48. The molecule has 0 saturated heterocycles. The maximum atomic E-state index is 11.4. The number of carbonyl (C=O) groups is 2. The first-order valence-electron chi connectivity index (χ1n) is 9.46. The third kappa shape index (κ3) is 10.6. The molecule has 0 amide bonds. The van der Waals surface area contributed by atoms with E-state index in [4.69, 9.17) is 45.9 Å². The molecule has 0 aromatic heterocycles. The fourth-order valence-electron chi connectivity index (χ4n) is 2.33. The van der Waals surface area contributed by atoms with Gasteiger partial charge < -0.3 is 44.1 Å². The average Bonchev–Trinajstić information content (AvgIpc) is 2.75. The summed E-state index contributed by atoms with van der Waals surface area (Å²) < 4.78 is 24.2. The summed E-state index contributed by atoms with van der Waals surface area (Å²) in [5.41, 5.74) is -0.0791. The van der Waals surface area contributed by atoms with Gasteiger partial charge in [-0.05, 0) is 13.8 Å². The Hall–Kier alpha value is -3.25. The first kappa shape index (κ1) is 30.8. The molecule has 2 aromatic rings. The van der Waals surface area contributed by atoms with Crippen molar-refractivity contribution in [3.05, 3.63) is 35.4 Å². The number of ether oxygens (including phenoxy) is 5. The summed E-state index contributed by atoms with van der Waals surface area (Å²) in [5.74, 6) is -1.54. The zero-order chi connectivity index (χ0) is 26.3. The highest BCUT2D eigenvalue weighted by Crippen LogP contribution is 2.34. The van der Waals surface area contributed by atoms with Crippen LogP contribution in [0.3, 0.4) is 0 Å². The standard InChI is InChI=1S/C12H16O6.C8H8O4.C2H5ClO/c1-8(13)12-10(14)4-9(17-6-15-2)5-11(12)18-7-16-3;1-4(9)8-6(11)2-5(10)3-7(8)12;1-4-2-3/h4-5,14H,6-7H2,1-3H3;2-3,10-12H,1H3;2H2,1H3. The van der Waals surface area contributed by atoms with E-state index in [0.717, 1.165) is 12.1 Å². The molecular weight excluding hydrogens is 476 g/mol. The number of hydrogen-bond acceptors (Lipinski definition) is 11. The van der Waals surface area contributed by atoms with E-state index >= 15 is 0 Å². The van der Waals surface area contributed by atoms with Crippen molar-refractivity contribution in [1.29, 1.82) is 0 Å². The molecule has 0 aliphatic rings. The van der Waals surface area contributed by atoms with Crippen molar-refractivity contribution in [1.82, 2.24) is 0 Å². The highest BCUT2D eigenvalue weighted by Gasteiger charge is 2.17. The molecule has 0 spiro atoms. The Labute approximate surface area is 202 Å². The summed E-state index contributed by atoms with van der Waals surface area (Å²) in [6.45, 7) is 2.55. The summed E-state index contributed by atoms with van der Waals surface area (Å²) in [6, 6.07) is 5.11. The molecule has 0 radical (unpaired) electrons. The molecule has 0 aliphatic heterocycles. The van der Waals surface area contributed by atoms with Crippen LogP contribution in [0, 0.1) is 0 Å². The fourth-order valence-corrected chi connectivity index (χ4v) is 2.33. The van der Waals surface area contributed by atoms with Crippen molar-refractivity contribution < 1.29 is 53.7 Å². The zero-order valence-electron chi connectivity index (χ0n) is 19.5. The van der Waals surface area contributed by atoms with Crippen LogP contribution >= 0.6 is 11.6 Å². The van der Waals surface area contributed by atoms with Gasteiger partial charge in [0.05, 0.1) is 0 Å². The Morgan fingerprint density at radius 3 is 1.59 bits per heavy atom. The van der Waals surface area contributed by atoms with Gasteiger partial charge in [-0.1, -0.05) is 11.6 Å². The number of Topliss-reactive ketones (excluding diaryl/α,β-unsaturated/α-hetero) is 2.